The quantitative estimate of drug-likeness (QED) is 0.252. The van der Waals surface area contributed by atoms with E-state index in [4.69, 9.17) is 9.97 Å². The summed E-state index contributed by atoms with van der Waals surface area (Å²) in [6.07, 6.45) is 0.952. The molecule has 4 heterocycles. The number of aromatic nitrogens is 3. The lowest BCUT2D eigenvalue weighted by atomic mass is 9.89. The molecule has 4 heteroatoms. The summed E-state index contributed by atoms with van der Waals surface area (Å²) >= 11 is 1.87. The van der Waals surface area contributed by atoms with Crippen molar-refractivity contribution in [3.05, 3.63) is 66.0 Å². The lowest BCUT2D eigenvalue weighted by molar-refractivity contribution is 0.405. The number of hydrogen-bond acceptors (Lipinski definition) is 3. The van der Waals surface area contributed by atoms with E-state index in [0.717, 1.165) is 34.2 Å². The third kappa shape index (κ3) is 3.23. The highest BCUT2D eigenvalue weighted by Gasteiger charge is 2.22. The van der Waals surface area contributed by atoms with Gasteiger partial charge in [-0.2, -0.15) is 0 Å². The fraction of sp³-hybridized carbons (Fsp3) is 0.310. The van der Waals surface area contributed by atoms with Gasteiger partial charge in [-0.1, -0.05) is 65.8 Å². The standard InChI is InChI=1S/C29H29N3S/c1-28(2,3)16-17-15-22-20(12-14-24(30-22)29(4,5)6)27-31-21-13-11-19-18-9-7-8-10-23(18)33-26(19)25(21)32(17)27/h7-15H,16H2,1-6H3. The Morgan fingerprint density at radius 3 is 2.30 bits per heavy atom. The maximum absolute atomic E-state index is 5.18. The zero-order valence-corrected chi connectivity index (χ0v) is 21.0. The summed E-state index contributed by atoms with van der Waals surface area (Å²) in [5.74, 6) is 0. The predicted octanol–water partition coefficient (Wildman–Crippen LogP) is 8.29. The first-order chi connectivity index (χ1) is 15.6. The van der Waals surface area contributed by atoms with Crippen LogP contribution in [0, 0.1) is 5.41 Å². The van der Waals surface area contributed by atoms with Crippen LogP contribution in [0.2, 0.25) is 0 Å². The van der Waals surface area contributed by atoms with Crippen molar-refractivity contribution in [2.24, 2.45) is 5.41 Å². The van der Waals surface area contributed by atoms with Crippen molar-refractivity contribution >= 4 is 59.1 Å². The number of thiophene rings is 1. The minimum Gasteiger partial charge on any atom is -0.295 e. The topological polar surface area (TPSA) is 30.2 Å². The number of pyridine rings is 2. The molecule has 0 N–H and O–H groups in total. The Bertz CT molecular complexity index is 1700. The van der Waals surface area contributed by atoms with Crippen LogP contribution in [0.15, 0.2) is 54.6 Å². The molecule has 6 aromatic rings. The van der Waals surface area contributed by atoms with Gasteiger partial charge in [0.05, 0.1) is 21.3 Å². The molecule has 0 aliphatic carbocycles. The average molecular weight is 452 g/mol. The Morgan fingerprint density at radius 2 is 1.55 bits per heavy atom. The fourth-order valence-corrected chi connectivity index (χ4v) is 6.12. The molecular weight excluding hydrogens is 422 g/mol. The number of nitrogens with zero attached hydrogens (tertiary/aromatic N) is 3. The van der Waals surface area contributed by atoms with Crippen molar-refractivity contribution in [2.75, 3.05) is 0 Å². The summed E-state index contributed by atoms with van der Waals surface area (Å²) in [6, 6.07) is 19.8. The predicted molar refractivity (Wildman–Crippen MR) is 143 cm³/mol. The van der Waals surface area contributed by atoms with E-state index < -0.39 is 0 Å². The number of benzene rings is 2. The molecule has 6 rings (SSSR count). The molecule has 0 unspecified atom stereocenters. The van der Waals surface area contributed by atoms with Gasteiger partial charge in [-0.25, -0.2) is 4.98 Å². The van der Waals surface area contributed by atoms with Crippen LogP contribution in [0.1, 0.15) is 52.9 Å². The second-order valence-corrected chi connectivity index (χ2v) is 12.5. The summed E-state index contributed by atoms with van der Waals surface area (Å²) in [6.45, 7) is 13.6. The minimum absolute atomic E-state index is 0.00782. The number of rotatable bonds is 1. The van der Waals surface area contributed by atoms with Gasteiger partial charge in [-0.3, -0.25) is 9.38 Å². The van der Waals surface area contributed by atoms with Gasteiger partial charge in [-0.15, -0.1) is 11.3 Å². The van der Waals surface area contributed by atoms with Crippen LogP contribution in [0.5, 0.6) is 0 Å². The second-order valence-electron chi connectivity index (χ2n) is 11.4. The van der Waals surface area contributed by atoms with Crippen LogP contribution in [0.25, 0.3) is 47.8 Å². The van der Waals surface area contributed by atoms with E-state index >= 15 is 0 Å². The monoisotopic (exact) mass is 451 g/mol. The second kappa shape index (κ2) is 6.77. The van der Waals surface area contributed by atoms with Crippen molar-refractivity contribution in [1.82, 2.24) is 14.4 Å². The van der Waals surface area contributed by atoms with Gasteiger partial charge in [0.25, 0.3) is 0 Å². The van der Waals surface area contributed by atoms with E-state index in [9.17, 15) is 0 Å². The molecule has 0 saturated carbocycles. The van der Waals surface area contributed by atoms with Crippen molar-refractivity contribution in [3.8, 4) is 0 Å². The summed E-state index contributed by atoms with van der Waals surface area (Å²) in [5.41, 5.74) is 6.87. The van der Waals surface area contributed by atoms with Crippen LogP contribution in [-0.2, 0) is 11.8 Å². The maximum atomic E-state index is 5.18. The number of hydrogen-bond donors (Lipinski definition) is 0. The molecular formula is C29H29N3S. The van der Waals surface area contributed by atoms with Gasteiger partial charge in [0, 0.05) is 37.7 Å². The number of imidazole rings is 1. The molecule has 3 nitrogen and oxygen atoms in total. The Kier molecular flexibility index (Phi) is 4.23. The van der Waals surface area contributed by atoms with E-state index in [-0.39, 0.29) is 10.8 Å². The van der Waals surface area contributed by atoms with E-state index in [1.807, 2.05) is 11.3 Å². The lowest BCUT2D eigenvalue weighted by Gasteiger charge is -2.21. The molecule has 0 spiro atoms. The highest BCUT2D eigenvalue weighted by atomic mass is 32.1. The van der Waals surface area contributed by atoms with Gasteiger partial charge < -0.3 is 0 Å². The summed E-state index contributed by atoms with van der Waals surface area (Å²) in [7, 11) is 0. The summed E-state index contributed by atoms with van der Waals surface area (Å²) in [5, 5.41) is 3.75. The molecule has 0 aliphatic rings. The zero-order chi connectivity index (χ0) is 23.1. The Hall–Kier alpha value is -2.98. The first-order valence-corrected chi connectivity index (χ1v) is 12.5. The van der Waals surface area contributed by atoms with Crippen molar-refractivity contribution in [3.63, 3.8) is 0 Å². The third-order valence-electron chi connectivity index (χ3n) is 6.40. The van der Waals surface area contributed by atoms with E-state index in [0.29, 0.717) is 0 Å². The van der Waals surface area contributed by atoms with E-state index in [2.05, 4.69) is 101 Å². The largest absolute Gasteiger partial charge is 0.295 e. The van der Waals surface area contributed by atoms with Crippen LogP contribution in [0.4, 0.5) is 0 Å². The average Bonchev–Trinajstić information content (AvgIpc) is 3.30. The van der Waals surface area contributed by atoms with Crippen LogP contribution < -0.4 is 0 Å². The zero-order valence-electron chi connectivity index (χ0n) is 20.2. The molecule has 0 fully saturated rings. The van der Waals surface area contributed by atoms with E-state index in [1.54, 1.807) is 0 Å². The van der Waals surface area contributed by atoms with Crippen LogP contribution >= 0.6 is 11.3 Å². The SMILES string of the molecule is CC(C)(C)Cc1cc2nc(C(C)(C)C)ccc2c2nc3ccc4c5ccccc5sc4c3n12. The first kappa shape index (κ1) is 20.6. The van der Waals surface area contributed by atoms with E-state index in [1.165, 1.54) is 31.4 Å². The van der Waals surface area contributed by atoms with Gasteiger partial charge in [0.2, 0.25) is 0 Å². The normalized spacial score (nSPS) is 13.3. The smallest absolute Gasteiger partial charge is 0.147 e. The molecule has 2 aromatic carbocycles. The molecule has 33 heavy (non-hydrogen) atoms. The molecule has 4 aromatic heterocycles. The van der Waals surface area contributed by atoms with Gasteiger partial charge >= 0.3 is 0 Å². The van der Waals surface area contributed by atoms with Gasteiger partial charge in [0.1, 0.15) is 5.65 Å². The molecule has 166 valence electrons. The van der Waals surface area contributed by atoms with Crippen LogP contribution in [0.3, 0.4) is 0 Å². The Balaban J connectivity index is 1.80. The summed E-state index contributed by atoms with van der Waals surface area (Å²) in [4.78, 5) is 10.3. The Morgan fingerprint density at radius 1 is 0.788 bits per heavy atom. The van der Waals surface area contributed by atoms with Gasteiger partial charge in [0.15, 0.2) is 0 Å². The van der Waals surface area contributed by atoms with Gasteiger partial charge in [-0.05, 0) is 42.2 Å². The molecule has 0 amide bonds. The van der Waals surface area contributed by atoms with Crippen molar-refractivity contribution < 1.29 is 0 Å². The molecule has 0 atom stereocenters. The number of fused-ring (bicyclic) bond motifs is 9. The fourth-order valence-electron chi connectivity index (χ4n) is 4.89. The first-order valence-electron chi connectivity index (χ1n) is 11.7. The molecule has 0 bridgehead atoms. The lowest BCUT2D eigenvalue weighted by Crippen LogP contribution is -2.15. The third-order valence-corrected chi connectivity index (χ3v) is 7.59. The molecule has 0 saturated heterocycles. The minimum atomic E-state index is 0.00782. The highest BCUT2D eigenvalue weighted by molar-refractivity contribution is 7.26. The summed E-state index contributed by atoms with van der Waals surface area (Å²) < 4.78 is 5.05. The maximum Gasteiger partial charge on any atom is 0.147 e. The van der Waals surface area contributed by atoms with Crippen LogP contribution in [-0.4, -0.2) is 14.4 Å². The van der Waals surface area contributed by atoms with Crippen molar-refractivity contribution in [2.45, 2.75) is 53.4 Å². The molecule has 0 radical (unpaired) electrons. The highest BCUT2D eigenvalue weighted by Crippen LogP contribution is 2.40. The Labute approximate surface area is 198 Å². The molecule has 0 aliphatic heterocycles. The van der Waals surface area contributed by atoms with Crippen molar-refractivity contribution in [1.29, 1.82) is 0 Å².